The molecular weight excluding hydrogens is 328 g/mol. The molecule has 0 aliphatic rings. The maximum absolute atomic E-state index is 5.46. The highest BCUT2D eigenvalue weighted by atomic mass is 15.1. The van der Waals surface area contributed by atoms with Crippen molar-refractivity contribution in [3.8, 4) is 0 Å². The minimum atomic E-state index is 0.766. The molecule has 0 saturated carbocycles. The van der Waals surface area contributed by atoms with E-state index >= 15 is 0 Å². The van der Waals surface area contributed by atoms with Crippen molar-refractivity contribution in [2.75, 3.05) is 78.5 Å². The summed E-state index contributed by atoms with van der Waals surface area (Å²) in [7, 11) is 0. The fourth-order valence-corrected chi connectivity index (χ4v) is 2.32. The zero-order valence-electron chi connectivity index (χ0n) is 17.1. The highest BCUT2D eigenvalue weighted by Gasteiger charge is 2.02. The number of nitrogens with one attached hydrogen (secondary N) is 2. The van der Waals surface area contributed by atoms with Crippen molar-refractivity contribution in [2.24, 2.45) is 28.7 Å². The topological polar surface area (TPSA) is 157 Å². The van der Waals surface area contributed by atoms with Crippen molar-refractivity contribution < 1.29 is 0 Å². The lowest BCUT2D eigenvalue weighted by Crippen LogP contribution is -2.30. The summed E-state index contributed by atoms with van der Waals surface area (Å²) in [6, 6.07) is 0. The second kappa shape index (κ2) is 26.9. The van der Waals surface area contributed by atoms with Crippen LogP contribution in [0.1, 0.15) is 38.5 Å². The Balaban J connectivity index is 0. The highest BCUT2D eigenvalue weighted by molar-refractivity contribution is 4.59. The molecule has 26 heavy (non-hydrogen) atoms. The minimum absolute atomic E-state index is 0.766. The fraction of sp³-hybridized carbons (Fsp3) is 1.00. The molecule has 0 aliphatic heterocycles. The van der Waals surface area contributed by atoms with E-state index in [0.717, 1.165) is 111 Å². The second-order valence-corrected chi connectivity index (χ2v) is 6.41. The highest BCUT2D eigenvalue weighted by Crippen LogP contribution is 1.94. The van der Waals surface area contributed by atoms with Gasteiger partial charge in [0.05, 0.1) is 0 Å². The Morgan fingerprint density at radius 1 is 0.423 bits per heavy atom. The van der Waals surface area contributed by atoms with Gasteiger partial charge in [0.1, 0.15) is 0 Å². The number of nitrogens with zero attached hydrogens (tertiary/aromatic N) is 1. The maximum atomic E-state index is 5.46. The van der Waals surface area contributed by atoms with Crippen molar-refractivity contribution in [3.63, 3.8) is 0 Å². The predicted molar refractivity (Wildman–Crippen MR) is 115 cm³/mol. The van der Waals surface area contributed by atoms with Gasteiger partial charge in [-0.05, 0) is 117 Å². The van der Waals surface area contributed by atoms with E-state index in [1.807, 2.05) is 0 Å². The van der Waals surface area contributed by atoms with Gasteiger partial charge in [-0.25, -0.2) is 0 Å². The molecular formula is C18H48N8. The lowest BCUT2D eigenvalue weighted by Gasteiger charge is -2.21. The molecule has 0 saturated heterocycles. The van der Waals surface area contributed by atoms with E-state index in [0.29, 0.717) is 0 Å². The quantitative estimate of drug-likeness (QED) is 0.135. The van der Waals surface area contributed by atoms with Gasteiger partial charge in [0.2, 0.25) is 0 Å². The third-order valence-electron chi connectivity index (χ3n) is 3.86. The summed E-state index contributed by atoms with van der Waals surface area (Å²) in [5, 5.41) is 6.67. The largest absolute Gasteiger partial charge is 0.330 e. The average Bonchev–Trinajstić information content (AvgIpc) is 2.66. The molecule has 8 nitrogen and oxygen atoms in total. The number of hydrogen-bond acceptors (Lipinski definition) is 8. The molecule has 0 aromatic heterocycles. The molecule has 0 atom stereocenters. The zero-order valence-corrected chi connectivity index (χ0v) is 17.1. The molecule has 0 aliphatic carbocycles. The van der Waals surface area contributed by atoms with E-state index in [1.54, 1.807) is 0 Å². The van der Waals surface area contributed by atoms with Crippen molar-refractivity contribution >= 4 is 0 Å². The number of nitrogens with two attached hydrogens (primary N) is 5. The normalized spacial score (nSPS) is 10.8. The van der Waals surface area contributed by atoms with Gasteiger partial charge in [-0.15, -0.1) is 0 Å². The summed E-state index contributed by atoms with van der Waals surface area (Å²) in [5.74, 6) is 0. The Kier molecular flexibility index (Phi) is 28.9. The van der Waals surface area contributed by atoms with Crippen LogP contribution in [0.4, 0.5) is 0 Å². The minimum Gasteiger partial charge on any atom is -0.330 e. The van der Waals surface area contributed by atoms with Crippen molar-refractivity contribution in [1.29, 1.82) is 0 Å². The first-order chi connectivity index (χ1) is 12.8. The Bertz CT molecular complexity index is 202. The molecule has 0 unspecified atom stereocenters. The molecule has 0 amide bonds. The van der Waals surface area contributed by atoms with Crippen LogP contribution in [0.3, 0.4) is 0 Å². The molecule has 0 radical (unpaired) electrons. The Hall–Kier alpha value is -0.320. The van der Waals surface area contributed by atoms with Crippen LogP contribution in [0.25, 0.3) is 0 Å². The summed E-state index contributed by atoms with van der Waals surface area (Å²) in [6.45, 7) is 11.3. The number of hydrogen-bond donors (Lipinski definition) is 7. The Morgan fingerprint density at radius 3 is 1.04 bits per heavy atom. The van der Waals surface area contributed by atoms with E-state index in [9.17, 15) is 0 Å². The van der Waals surface area contributed by atoms with Crippen LogP contribution in [-0.4, -0.2) is 83.4 Å². The summed E-state index contributed by atoms with van der Waals surface area (Å²) >= 11 is 0. The first kappa shape index (κ1) is 27.9. The molecule has 8 heteroatoms. The molecule has 0 heterocycles. The van der Waals surface area contributed by atoms with Crippen LogP contribution < -0.4 is 39.3 Å². The average molecular weight is 377 g/mol. The van der Waals surface area contributed by atoms with Gasteiger partial charge < -0.3 is 44.2 Å². The third-order valence-corrected chi connectivity index (χ3v) is 3.86. The standard InChI is InChI=1S/2C9H24N4/c10-4-1-7-13(8-2-5-11)9-3-6-12;10-4-1-6-12-8-3-9-13-7-2-5-11/h1-12H2;12-13H,1-11H2. The first-order valence-corrected chi connectivity index (χ1v) is 10.4. The van der Waals surface area contributed by atoms with E-state index in [2.05, 4.69) is 15.5 Å². The monoisotopic (exact) mass is 376 g/mol. The molecule has 160 valence electrons. The summed E-state index contributed by atoms with van der Waals surface area (Å²) in [6.07, 6.45) is 6.51. The van der Waals surface area contributed by atoms with Crippen LogP contribution in [0, 0.1) is 0 Å². The third kappa shape index (κ3) is 25.9. The molecule has 0 fully saturated rings. The van der Waals surface area contributed by atoms with Crippen molar-refractivity contribution in [1.82, 2.24) is 15.5 Å². The molecule has 0 aromatic rings. The van der Waals surface area contributed by atoms with Gasteiger partial charge in [-0.1, -0.05) is 0 Å². The van der Waals surface area contributed by atoms with Crippen LogP contribution in [0.2, 0.25) is 0 Å². The number of rotatable bonds is 19. The van der Waals surface area contributed by atoms with Gasteiger partial charge >= 0.3 is 0 Å². The van der Waals surface area contributed by atoms with Gasteiger partial charge in [-0.3, -0.25) is 0 Å². The SMILES string of the molecule is NCCCN(CCCN)CCCN.NCCCNCCCNCCCN. The van der Waals surface area contributed by atoms with Crippen LogP contribution in [-0.2, 0) is 0 Å². The second-order valence-electron chi connectivity index (χ2n) is 6.41. The lowest BCUT2D eigenvalue weighted by atomic mass is 10.3. The molecule has 0 bridgehead atoms. The van der Waals surface area contributed by atoms with Crippen LogP contribution in [0.15, 0.2) is 0 Å². The van der Waals surface area contributed by atoms with E-state index in [1.165, 1.54) is 6.42 Å². The fourth-order valence-electron chi connectivity index (χ4n) is 2.32. The van der Waals surface area contributed by atoms with Crippen molar-refractivity contribution in [2.45, 2.75) is 38.5 Å². The Labute approximate surface area is 162 Å². The van der Waals surface area contributed by atoms with Crippen molar-refractivity contribution in [3.05, 3.63) is 0 Å². The molecule has 0 rings (SSSR count). The predicted octanol–water partition coefficient (Wildman–Crippen LogP) is -1.41. The smallest absolute Gasteiger partial charge is 0.000670 e. The van der Waals surface area contributed by atoms with Gasteiger partial charge in [-0.2, -0.15) is 0 Å². The van der Waals surface area contributed by atoms with Gasteiger partial charge in [0.25, 0.3) is 0 Å². The zero-order chi connectivity index (χ0) is 19.7. The van der Waals surface area contributed by atoms with E-state index in [4.69, 9.17) is 28.7 Å². The summed E-state index contributed by atoms with van der Waals surface area (Å²) in [4.78, 5) is 2.40. The molecule has 0 spiro atoms. The Morgan fingerprint density at radius 2 is 0.731 bits per heavy atom. The van der Waals surface area contributed by atoms with E-state index in [-0.39, 0.29) is 0 Å². The van der Waals surface area contributed by atoms with Crippen LogP contribution >= 0.6 is 0 Å². The molecule has 0 aromatic carbocycles. The summed E-state index contributed by atoms with van der Waals surface area (Å²) in [5.41, 5.74) is 27.1. The van der Waals surface area contributed by atoms with Crippen LogP contribution in [0.5, 0.6) is 0 Å². The molecule has 12 N–H and O–H groups in total. The van der Waals surface area contributed by atoms with Gasteiger partial charge in [0.15, 0.2) is 0 Å². The first-order valence-electron chi connectivity index (χ1n) is 10.4. The van der Waals surface area contributed by atoms with Gasteiger partial charge in [0, 0.05) is 0 Å². The maximum Gasteiger partial charge on any atom is -0.000670 e. The summed E-state index contributed by atoms with van der Waals surface area (Å²) < 4.78 is 0. The van der Waals surface area contributed by atoms with E-state index < -0.39 is 0 Å². The lowest BCUT2D eigenvalue weighted by molar-refractivity contribution is 0.268.